The molecule has 23 heavy (non-hydrogen) atoms. The van der Waals surface area contributed by atoms with E-state index in [9.17, 15) is 9.90 Å². The normalized spacial score (nSPS) is 12.7. The van der Waals surface area contributed by atoms with Crippen LogP contribution in [0.25, 0.3) is 5.52 Å². The molecule has 0 aliphatic carbocycles. The van der Waals surface area contributed by atoms with Crippen molar-refractivity contribution < 1.29 is 14.6 Å². The van der Waals surface area contributed by atoms with Gasteiger partial charge in [0.25, 0.3) is 0 Å². The summed E-state index contributed by atoms with van der Waals surface area (Å²) in [6.45, 7) is 6.11. The first-order valence-corrected chi connectivity index (χ1v) is 8.39. The Bertz CT molecular complexity index is 643. The second kappa shape index (κ2) is 8.11. The van der Waals surface area contributed by atoms with Gasteiger partial charge in [0.1, 0.15) is 12.4 Å². The second-order valence-corrected chi connectivity index (χ2v) is 6.05. The van der Waals surface area contributed by atoms with Gasteiger partial charge in [0.2, 0.25) is 0 Å². The van der Waals surface area contributed by atoms with Gasteiger partial charge in [0, 0.05) is 18.2 Å². The van der Waals surface area contributed by atoms with Crippen LogP contribution in [0.2, 0.25) is 0 Å². The monoisotopic (exact) mass is 318 g/mol. The Hall–Kier alpha value is -1.88. The van der Waals surface area contributed by atoms with Crippen molar-refractivity contribution in [3.63, 3.8) is 0 Å². The summed E-state index contributed by atoms with van der Waals surface area (Å²) in [7, 11) is 0. The van der Waals surface area contributed by atoms with Crippen LogP contribution in [0.5, 0.6) is 5.75 Å². The minimum Gasteiger partial charge on any atom is -0.491 e. The smallest absolute Gasteiger partial charge is 0.169 e. The molecule has 0 aliphatic rings. The first-order chi connectivity index (χ1) is 11.1. The molecule has 0 saturated carbocycles. The van der Waals surface area contributed by atoms with Crippen molar-refractivity contribution in [3.05, 3.63) is 30.1 Å². The zero-order chi connectivity index (χ0) is 16.8. The summed E-state index contributed by atoms with van der Waals surface area (Å²) in [5.74, 6) is 0.854. The van der Waals surface area contributed by atoms with Gasteiger partial charge in [-0.3, -0.25) is 4.79 Å². The van der Waals surface area contributed by atoms with Gasteiger partial charge in [-0.15, -0.1) is 0 Å². The molecule has 2 aromatic heterocycles. The zero-order valence-corrected chi connectivity index (χ0v) is 14.2. The summed E-state index contributed by atoms with van der Waals surface area (Å²) in [6.07, 6.45) is 6.70. The summed E-state index contributed by atoms with van der Waals surface area (Å²) in [6, 6.07) is 3.60. The molecule has 2 rings (SSSR count). The van der Waals surface area contributed by atoms with Crippen LogP contribution in [0.1, 0.15) is 56.8 Å². The number of aliphatic hydroxyl groups is 1. The standard InChI is InChI=1S/C18H26N2O3/c1-4-6-14(7-5-2)18(22)16-11-19-20-9-8-15(10-17(16)20)23-12-13(3)21/h8-11,13-14,21H,4-7,12H2,1-3H3. The number of ketones is 1. The summed E-state index contributed by atoms with van der Waals surface area (Å²) >= 11 is 0. The number of pyridine rings is 1. The van der Waals surface area contributed by atoms with Crippen LogP contribution >= 0.6 is 0 Å². The van der Waals surface area contributed by atoms with E-state index in [1.807, 2.05) is 6.07 Å². The molecular weight excluding hydrogens is 292 g/mol. The molecular formula is C18H26N2O3. The van der Waals surface area contributed by atoms with E-state index in [4.69, 9.17) is 4.74 Å². The molecule has 1 unspecified atom stereocenters. The van der Waals surface area contributed by atoms with Crippen molar-refractivity contribution >= 4 is 11.3 Å². The van der Waals surface area contributed by atoms with E-state index in [-0.39, 0.29) is 18.3 Å². The molecule has 0 radical (unpaired) electrons. The number of hydrogen-bond acceptors (Lipinski definition) is 4. The summed E-state index contributed by atoms with van der Waals surface area (Å²) in [5.41, 5.74) is 1.41. The highest BCUT2D eigenvalue weighted by Gasteiger charge is 2.22. The predicted octanol–water partition coefficient (Wildman–Crippen LogP) is 3.49. The molecule has 0 amide bonds. The summed E-state index contributed by atoms with van der Waals surface area (Å²) < 4.78 is 7.22. The molecule has 0 saturated heterocycles. The van der Waals surface area contributed by atoms with Crippen LogP contribution in [0.3, 0.4) is 0 Å². The third-order valence-corrected chi connectivity index (χ3v) is 3.89. The molecule has 126 valence electrons. The van der Waals surface area contributed by atoms with E-state index in [1.54, 1.807) is 29.9 Å². The Morgan fingerprint density at radius 2 is 2.04 bits per heavy atom. The summed E-state index contributed by atoms with van der Waals surface area (Å²) in [5, 5.41) is 13.6. The lowest BCUT2D eigenvalue weighted by Crippen LogP contribution is -2.15. The molecule has 5 heteroatoms. The molecule has 0 bridgehead atoms. The lowest BCUT2D eigenvalue weighted by molar-refractivity contribution is 0.0906. The van der Waals surface area contributed by atoms with Crippen LogP contribution in [-0.4, -0.2) is 33.2 Å². The Morgan fingerprint density at radius 1 is 1.35 bits per heavy atom. The number of Topliss-reactive ketones (excluding diaryl/α,β-unsaturated/α-hetero) is 1. The average molecular weight is 318 g/mol. The van der Waals surface area contributed by atoms with E-state index in [2.05, 4.69) is 18.9 Å². The topological polar surface area (TPSA) is 63.8 Å². The Morgan fingerprint density at radius 3 is 2.65 bits per heavy atom. The molecule has 2 aromatic rings. The largest absolute Gasteiger partial charge is 0.491 e. The van der Waals surface area contributed by atoms with E-state index >= 15 is 0 Å². The van der Waals surface area contributed by atoms with Crippen molar-refractivity contribution in [2.24, 2.45) is 5.92 Å². The zero-order valence-electron chi connectivity index (χ0n) is 14.2. The molecule has 0 aromatic carbocycles. The number of carbonyl (C=O) groups is 1. The number of rotatable bonds is 9. The van der Waals surface area contributed by atoms with Crippen LogP contribution in [0, 0.1) is 5.92 Å². The van der Waals surface area contributed by atoms with E-state index in [0.29, 0.717) is 11.3 Å². The first-order valence-electron chi connectivity index (χ1n) is 8.39. The lowest BCUT2D eigenvalue weighted by atomic mass is 9.90. The minimum atomic E-state index is -0.532. The molecule has 5 nitrogen and oxygen atoms in total. The van der Waals surface area contributed by atoms with Gasteiger partial charge in [-0.2, -0.15) is 5.10 Å². The van der Waals surface area contributed by atoms with Crippen molar-refractivity contribution in [2.45, 2.75) is 52.6 Å². The van der Waals surface area contributed by atoms with Crippen molar-refractivity contribution in [2.75, 3.05) is 6.61 Å². The highest BCUT2D eigenvalue weighted by atomic mass is 16.5. The predicted molar refractivity (Wildman–Crippen MR) is 90.0 cm³/mol. The fourth-order valence-corrected chi connectivity index (χ4v) is 2.78. The van der Waals surface area contributed by atoms with E-state index < -0.39 is 6.10 Å². The number of ether oxygens (including phenoxy) is 1. The van der Waals surface area contributed by atoms with Crippen LogP contribution in [-0.2, 0) is 0 Å². The van der Waals surface area contributed by atoms with Gasteiger partial charge < -0.3 is 9.84 Å². The number of aliphatic hydroxyl groups excluding tert-OH is 1. The lowest BCUT2D eigenvalue weighted by Gasteiger charge is -2.13. The minimum absolute atomic E-state index is 0.0556. The fraction of sp³-hybridized carbons (Fsp3) is 0.556. The van der Waals surface area contributed by atoms with Gasteiger partial charge in [-0.25, -0.2) is 4.52 Å². The highest BCUT2D eigenvalue weighted by Crippen LogP contribution is 2.24. The number of aromatic nitrogens is 2. The molecule has 1 atom stereocenters. The van der Waals surface area contributed by atoms with Gasteiger partial charge in [-0.05, 0) is 25.8 Å². The fourth-order valence-electron chi connectivity index (χ4n) is 2.78. The molecule has 0 fully saturated rings. The maximum absolute atomic E-state index is 12.8. The van der Waals surface area contributed by atoms with E-state index in [0.717, 1.165) is 31.2 Å². The van der Waals surface area contributed by atoms with Crippen molar-refractivity contribution in [3.8, 4) is 5.75 Å². The number of hydrogen-bond donors (Lipinski definition) is 1. The average Bonchev–Trinajstić information content (AvgIpc) is 2.95. The molecule has 0 spiro atoms. The van der Waals surface area contributed by atoms with E-state index in [1.165, 1.54) is 0 Å². The SMILES string of the molecule is CCCC(CCC)C(=O)c1cnn2ccc(OCC(C)O)cc12. The van der Waals surface area contributed by atoms with Gasteiger partial charge in [-0.1, -0.05) is 26.7 Å². The Balaban J connectivity index is 2.28. The number of fused-ring (bicyclic) bond motifs is 1. The number of nitrogens with zero attached hydrogens (tertiary/aromatic N) is 2. The summed E-state index contributed by atoms with van der Waals surface area (Å²) in [4.78, 5) is 12.8. The van der Waals surface area contributed by atoms with Gasteiger partial charge >= 0.3 is 0 Å². The second-order valence-electron chi connectivity index (χ2n) is 6.05. The highest BCUT2D eigenvalue weighted by molar-refractivity contribution is 6.03. The molecule has 1 N–H and O–H groups in total. The third-order valence-electron chi connectivity index (χ3n) is 3.89. The van der Waals surface area contributed by atoms with Crippen molar-refractivity contribution in [1.29, 1.82) is 0 Å². The first kappa shape index (κ1) is 17.5. The van der Waals surface area contributed by atoms with Crippen molar-refractivity contribution in [1.82, 2.24) is 9.61 Å². The molecule has 0 aliphatic heterocycles. The van der Waals surface area contributed by atoms with Crippen LogP contribution < -0.4 is 4.74 Å². The maximum atomic E-state index is 12.8. The van der Waals surface area contributed by atoms with Gasteiger partial charge in [0.15, 0.2) is 5.78 Å². The Labute approximate surface area is 137 Å². The Kier molecular flexibility index (Phi) is 6.16. The quantitative estimate of drug-likeness (QED) is 0.719. The van der Waals surface area contributed by atoms with Crippen LogP contribution in [0.15, 0.2) is 24.5 Å². The van der Waals surface area contributed by atoms with Gasteiger partial charge in [0.05, 0.1) is 23.4 Å². The molecule has 2 heterocycles. The maximum Gasteiger partial charge on any atom is 0.169 e. The van der Waals surface area contributed by atoms with Crippen LogP contribution in [0.4, 0.5) is 0 Å². The third kappa shape index (κ3) is 4.32. The number of carbonyl (C=O) groups excluding carboxylic acids is 1.